The van der Waals surface area contributed by atoms with Gasteiger partial charge in [0.2, 0.25) is 0 Å². The molecule has 5 rings (SSSR count). The fraction of sp³-hybridized carbons (Fsp3) is 0.217. The van der Waals surface area contributed by atoms with Crippen LogP contribution in [0.4, 0.5) is 0 Å². The highest BCUT2D eigenvalue weighted by Crippen LogP contribution is 2.36. The van der Waals surface area contributed by atoms with Gasteiger partial charge in [0.05, 0.1) is 23.7 Å². The first-order valence-electron chi connectivity index (χ1n) is 10.2. The van der Waals surface area contributed by atoms with Gasteiger partial charge in [-0.25, -0.2) is 5.01 Å². The molecule has 0 spiro atoms. The van der Waals surface area contributed by atoms with Crippen LogP contribution in [0.15, 0.2) is 74.8 Å². The van der Waals surface area contributed by atoms with Gasteiger partial charge in [0.15, 0.2) is 5.16 Å². The molecular weight excluding hydrogens is 442 g/mol. The third kappa shape index (κ3) is 3.89. The zero-order chi connectivity index (χ0) is 22.1. The number of furan rings is 1. The number of thiophene rings is 1. The molecule has 32 heavy (non-hydrogen) atoms. The van der Waals surface area contributed by atoms with Crippen LogP contribution in [0.2, 0.25) is 0 Å². The number of aryl methyl sites for hydroxylation is 2. The predicted molar refractivity (Wildman–Crippen MR) is 125 cm³/mol. The maximum Gasteiger partial charge on any atom is 0.253 e. The Hall–Kier alpha value is -3.17. The van der Waals surface area contributed by atoms with Crippen molar-refractivity contribution in [3.8, 4) is 5.69 Å². The van der Waals surface area contributed by atoms with E-state index in [2.05, 4.69) is 28.3 Å². The first-order valence-corrected chi connectivity index (χ1v) is 12.1. The van der Waals surface area contributed by atoms with Crippen LogP contribution in [0.5, 0.6) is 0 Å². The summed E-state index contributed by atoms with van der Waals surface area (Å²) in [6.07, 6.45) is 2.25. The number of thioether (sulfide) groups is 1. The van der Waals surface area contributed by atoms with Crippen LogP contribution in [0.25, 0.3) is 5.69 Å². The molecule has 0 N–H and O–H groups in total. The van der Waals surface area contributed by atoms with E-state index in [1.807, 2.05) is 59.3 Å². The van der Waals surface area contributed by atoms with Crippen LogP contribution in [-0.2, 0) is 4.79 Å². The number of carbonyl (C=O) groups is 1. The number of aromatic nitrogens is 3. The first kappa shape index (κ1) is 20.7. The van der Waals surface area contributed by atoms with Crippen molar-refractivity contribution in [1.82, 2.24) is 19.8 Å². The van der Waals surface area contributed by atoms with Gasteiger partial charge in [-0.05, 0) is 49.1 Å². The molecule has 0 saturated carbocycles. The third-order valence-electron chi connectivity index (χ3n) is 5.32. The first-order chi connectivity index (χ1) is 15.6. The minimum Gasteiger partial charge on any atom is -0.463 e. The summed E-state index contributed by atoms with van der Waals surface area (Å²) in [6, 6.07) is 15.7. The second-order valence-corrected chi connectivity index (χ2v) is 9.36. The molecule has 0 fully saturated rings. The van der Waals surface area contributed by atoms with Crippen molar-refractivity contribution in [1.29, 1.82) is 0 Å². The van der Waals surface area contributed by atoms with Gasteiger partial charge in [-0.3, -0.25) is 9.36 Å². The van der Waals surface area contributed by atoms with E-state index in [-0.39, 0.29) is 17.7 Å². The molecular formula is C23H21N5O2S2. The number of amides is 1. The number of para-hydroxylation sites is 1. The summed E-state index contributed by atoms with van der Waals surface area (Å²) in [5, 5.41) is 17.5. The fourth-order valence-electron chi connectivity index (χ4n) is 3.75. The number of carbonyl (C=O) groups excluding carboxylic acids is 1. The molecule has 0 aliphatic carbocycles. The van der Waals surface area contributed by atoms with Crippen molar-refractivity contribution in [3.05, 3.63) is 82.2 Å². The van der Waals surface area contributed by atoms with Gasteiger partial charge in [-0.1, -0.05) is 36.0 Å². The van der Waals surface area contributed by atoms with E-state index in [4.69, 9.17) is 4.42 Å². The van der Waals surface area contributed by atoms with Crippen molar-refractivity contribution < 1.29 is 9.21 Å². The summed E-state index contributed by atoms with van der Waals surface area (Å²) < 4.78 is 7.52. The van der Waals surface area contributed by atoms with E-state index >= 15 is 0 Å². The van der Waals surface area contributed by atoms with Crippen molar-refractivity contribution in [3.63, 3.8) is 0 Å². The van der Waals surface area contributed by atoms with Gasteiger partial charge in [-0.15, -0.1) is 21.5 Å². The van der Waals surface area contributed by atoms with Crippen molar-refractivity contribution >= 4 is 34.7 Å². The third-order valence-corrected chi connectivity index (χ3v) is 7.21. The molecule has 4 heterocycles. The molecule has 1 amide bonds. The lowest BCUT2D eigenvalue weighted by Crippen LogP contribution is -2.28. The zero-order valence-corrected chi connectivity index (χ0v) is 19.3. The van der Waals surface area contributed by atoms with Gasteiger partial charge < -0.3 is 4.42 Å². The SMILES string of the molecule is Cc1ccccc1-n1c(C)nnc1SCC(=O)N1N=C(c2ccco2)CC1c1cccs1. The lowest BCUT2D eigenvalue weighted by molar-refractivity contribution is -0.130. The monoisotopic (exact) mass is 463 g/mol. The molecule has 1 unspecified atom stereocenters. The molecule has 162 valence electrons. The molecule has 0 bridgehead atoms. The molecule has 1 aliphatic rings. The summed E-state index contributed by atoms with van der Waals surface area (Å²) in [4.78, 5) is 14.4. The topological polar surface area (TPSA) is 76.5 Å². The highest BCUT2D eigenvalue weighted by atomic mass is 32.2. The normalized spacial score (nSPS) is 15.9. The summed E-state index contributed by atoms with van der Waals surface area (Å²) in [7, 11) is 0. The van der Waals surface area contributed by atoms with Crippen LogP contribution in [0.3, 0.4) is 0 Å². The zero-order valence-electron chi connectivity index (χ0n) is 17.6. The maximum atomic E-state index is 13.3. The van der Waals surface area contributed by atoms with Crippen LogP contribution in [0, 0.1) is 13.8 Å². The average molecular weight is 464 g/mol. The lowest BCUT2D eigenvalue weighted by atomic mass is 10.1. The number of nitrogens with zero attached hydrogens (tertiary/aromatic N) is 5. The van der Waals surface area contributed by atoms with Gasteiger partial charge in [0.25, 0.3) is 5.91 Å². The smallest absolute Gasteiger partial charge is 0.253 e. The Morgan fingerprint density at radius 2 is 2.03 bits per heavy atom. The minimum atomic E-state index is -0.126. The lowest BCUT2D eigenvalue weighted by Gasteiger charge is -2.20. The van der Waals surface area contributed by atoms with Crippen LogP contribution in [-0.4, -0.2) is 37.1 Å². The predicted octanol–water partition coefficient (Wildman–Crippen LogP) is 5.01. The van der Waals surface area contributed by atoms with Crippen molar-refractivity contribution in [2.75, 3.05) is 5.75 Å². The van der Waals surface area contributed by atoms with Crippen molar-refractivity contribution in [2.24, 2.45) is 5.10 Å². The number of hydrogen-bond donors (Lipinski definition) is 0. The molecule has 7 nitrogen and oxygen atoms in total. The van der Waals surface area contributed by atoms with Gasteiger partial charge in [0.1, 0.15) is 17.3 Å². The summed E-state index contributed by atoms with van der Waals surface area (Å²) in [5.41, 5.74) is 2.92. The Labute approximate surface area is 193 Å². The van der Waals surface area contributed by atoms with E-state index < -0.39 is 0 Å². The van der Waals surface area contributed by atoms with E-state index in [0.717, 1.165) is 27.7 Å². The van der Waals surface area contributed by atoms with Gasteiger partial charge in [0, 0.05) is 11.3 Å². The summed E-state index contributed by atoms with van der Waals surface area (Å²) in [6.45, 7) is 3.97. The number of hydrazone groups is 1. The molecule has 0 radical (unpaired) electrons. The van der Waals surface area contributed by atoms with Gasteiger partial charge in [-0.2, -0.15) is 5.10 Å². The molecule has 4 aromatic rings. The van der Waals surface area contributed by atoms with Crippen molar-refractivity contribution in [2.45, 2.75) is 31.5 Å². The standard InChI is InChI=1S/C23H21N5O2S2/c1-15-7-3-4-8-18(15)27-16(2)24-25-23(27)32-14-22(29)28-19(21-10-6-12-31-21)13-17(26-28)20-9-5-11-30-20/h3-12,19H,13-14H2,1-2H3. The molecule has 1 aromatic carbocycles. The highest BCUT2D eigenvalue weighted by Gasteiger charge is 2.34. The molecule has 3 aromatic heterocycles. The Balaban J connectivity index is 1.38. The minimum absolute atomic E-state index is 0.0769. The number of rotatable bonds is 6. The maximum absolute atomic E-state index is 13.3. The molecule has 1 aliphatic heterocycles. The Morgan fingerprint density at radius 1 is 1.16 bits per heavy atom. The highest BCUT2D eigenvalue weighted by molar-refractivity contribution is 7.99. The Kier molecular flexibility index (Phi) is 5.67. The molecule has 0 saturated heterocycles. The average Bonchev–Trinajstić information content (AvgIpc) is 3.59. The summed E-state index contributed by atoms with van der Waals surface area (Å²) >= 11 is 3.00. The second-order valence-electron chi connectivity index (χ2n) is 7.44. The molecule has 1 atom stereocenters. The quantitative estimate of drug-likeness (QED) is 0.376. The van der Waals surface area contributed by atoms with E-state index in [9.17, 15) is 4.79 Å². The Bertz CT molecular complexity index is 1260. The van der Waals surface area contributed by atoms with Crippen LogP contribution >= 0.6 is 23.1 Å². The fourth-order valence-corrected chi connectivity index (χ4v) is 5.41. The van der Waals surface area contributed by atoms with Crippen LogP contribution < -0.4 is 0 Å². The number of benzene rings is 1. The molecule has 9 heteroatoms. The Morgan fingerprint density at radius 3 is 2.78 bits per heavy atom. The van der Waals surface area contributed by atoms with E-state index in [1.54, 1.807) is 22.6 Å². The van der Waals surface area contributed by atoms with Crippen LogP contribution in [0.1, 0.15) is 34.5 Å². The van der Waals surface area contributed by atoms with Gasteiger partial charge >= 0.3 is 0 Å². The largest absolute Gasteiger partial charge is 0.463 e. The van der Waals surface area contributed by atoms with E-state index in [0.29, 0.717) is 17.3 Å². The second kappa shape index (κ2) is 8.76. The number of hydrogen-bond acceptors (Lipinski definition) is 7. The van der Waals surface area contributed by atoms with E-state index in [1.165, 1.54) is 11.8 Å². The summed E-state index contributed by atoms with van der Waals surface area (Å²) in [5.74, 6) is 1.61.